The van der Waals surface area contributed by atoms with E-state index in [0.717, 1.165) is 23.3 Å². The van der Waals surface area contributed by atoms with Gasteiger partial charge in [-0.25, -0.2) is 19.6 Å². The molecule has 6 N–H and O–H groups in total. The number of halogens is 2. The van der Waals surface area contributed by atoms with Crippen LogP contribution >= 0.6 is 11.8 Å². The maximum atomic E-state index is 13.6. The van der Waals surface area contributed by atoms with Gasteiger partial charge in [-0.15, -0.1) is 13.9 Å². The summed E-state index contributed by atoms with van der Waals surface area (Å²) in [6.07, 6.45) is -1.71. The molecule has 1 aliphatic heterocycles. The minimum absolute atomic E-state index is 0.0881. The number of amides is 3. The summed E-state index contributed by atoms with van der Waals surface area (Å²) >= 11 is 1.57. The van der Waals surface area contributed by atoms with Gasteiger partial charge in [-0.3, -0.25) is 14.4 Å². The number of hydrogen-bond donors (Lipinski definition) is 5. The van der Waals surface area contributed by atoms with Crippen molar-refractivity contribution in [1.29, 1.82) is 0 Å². The van der Waals surface area contributed by atoms with E-state index in [1.54, 1.807) is 46.8 Å². The van der Waals surface area contributed by atoms with Gasteiger partial charge < -0.3 is 41.2 Å². The highest BCUT2D eigenvalue weighted by Gasteiger charge is 2.53. The molecule has 1 saturated carbocycles. The van der Waals surface area contributed by atoms with Crippen LogP contribution in [0.15, 0.2) is 84.0 Å². The van der Waals surface area contributed by atoms with E-state index in [2.05, 4.69) is 64.8 Å². The average molecular weight is 932 g/mol. The number of pyridine rings is 1. The standard InChI is InChI=1S/C47H47F2N11O6S/c1-3-25-67-45-56-41(52-20-19-50)40-42(57-45)60(59-58-40)28-31-10-8-30(9-11-31)12-16-38(61)51-21-23-64-24-22-53-43(62)33-6-4-5-32(26-33)39-29(2)7-15-37(54-39)55-44(63)46(17-18-46)34-13-14-35-36(27-34)66-47(48,49)65-35/h4-11,13-15,26-27H,3,17-25,28,50H2,1-2H3,(H,51,61)(H,53,62)(H,52,56,57)(H,54,55,63). The molecule has 3 amide bonds. The topological polar surface area (TPSA) is 222 Å². The summed E-state index contributed by atoms with van der Waals surface area (Å²) in [7, 11) is 0. The van der Waals surface area contributed by atoms with E-state index in [1.807, 2.05) is 43.3 Å². The van der Waals surface area contributed by atoms with E-state index in [9.17, 15) is 23.2 Å². The quantitative estimate of drug-likeness (QED) is 0.0297. The van der Waals surface area contributed by atoms with Crippen molar-refractivity contribution in [2.75, 3.05) is 55.8 Å². The molecule has 6 aromatic rings. The number of carbonyl (C=O) groups excluding carboxylic acids is 3. The zero-order valence-corrected chi connectivity index (χ0v) is 37.5. The van der Waals surface area contributed by atoms with Crippen molar-refractivity contribution >= 4 is 52.3 Å². The van der Waals surface area contributed by atoms with E-state index in [4.69, 9.17) is 20.4 Å². The molecule has 67 heavy (non-hydrogen) atoms. The van der Waals surface area contributed by atoms with Crippen LogP contribution in [0.3, 0.4) is 0 Å². The summed E-state index contributed by atoms with van der Waals surface area (Å²) in [5.74, 6) is 5.98. The van der Waals surface area contributed by atoms with Gasteiger partial charge in [-0.1, -0.05) is 66.2 Å². The Hall–Kier alpha value is -7.21. The molecular formula is C47H47F2N11O6S. The van der Waals surface area contributed by atoms with Crippen molar-refractivity contribution in [1.82, 2.24) is 40.6 Å². The van der Waals surface area contributed by atoms with Crippen LogP contribution in [0.5, 0.6) is 11.5 Å². The van der Waals surface area contributed by atoms with Gasteiger partial charge in [-0.05, 0) is 85.3 Å². The van der Waals surface area contributed by atoms with Crippen molar-refractivity contribution in [3.8, 4) is 34.6 Å². The number of fused-ring (bicyclic) bond motifs is 2. The van der Waals surface area contributed by atoms with Crippen molar-refractivity contribution in [2.45, 2.75) is 56.5 Å². The molecule has 0 spiro atoms. The number of benzene rings is 3. The molecule has 17 nitrogen and oxygen atoms in total. The van der Waals surface area contributed by atoms with Crippen LogP contribution in [-0.2, 0) is 26.3 Å². The number of anilines is 2. The zero-order chi connectivity index (χ0) is 47.0. The zero-order valence-electron chi connectivity index (χ0n) is 36.7. The fourth-order valence-corrected chi connectivity index (χ4v) is 7.88. The number of nitrogens with zero attached hydrogens (tertiary/aromatic N) is 6. The molecule has 0 radical (unpaired) electrons. The number of alkyl halides is 2. The molecule has 20 heteroatoms. The smallest absolute Gasteiger partial charge is 0.395 e. The Morgan fingerprint density at radius 3 is 2.49 bits per heavy atom. The maximum absolute atomic E-state index is 13.6. The number of ether oxygens (including phenoxy) is 3. The second-order valence-corrected chi connectivity index (χ2v) is 16.8. The first-order chi connectivity index (χ1) is 32.4. The Morgan fingerprint density at radius 1 is 0.925 bits per heavy atom. The first-order valence-electron chi connectivity index (χ1n) is 21.7. The molecule has 3 aromatic carbocycles. The van der Waals surface area contributed by atoms with E-state index in [-0.39, 0.29) is 49.6 Å². The molecule has 0 unspecified atom stereocenters. The van der Waals surface area contributed by atoms with Crippen LogP contribution < -0.4 is 36.5 Å². The molecule has 346 valence electrons. The third kappa shape index (κ3) is 11.3. The van der Waals surface area contributed by atoms with Crippen molar-refractivity contribution in [2.24, 2.45) is 5.73 Å². The van der Waals surface area contributed by atoms with Crippen molar-refractivity contribution < 1.29 is 37.4 Å². The Kier molecular flexibility index (Phi) is 14.2. The fourth-order valence-electron chi connectivity index (χ4n) is 7.18. The molecular weight excluding hydrogens is 885 g/mol. The van der Waals surface area contributed by atoms with Gasteiger partial charge in [0.1, 0.15) is 5.82 Å². The third-order valence-corrected chi connectivity index (χ3v) is 11.8. The highest BCUT2D eigenvalue weighted by Crippen LogP contribution is 2.52. The average Bonchev–Trinajstić information content (AvgIpc) is 3.95. The fraction of sp³-hybridized carbons (Fsp3) is 0.319. The minimum atomic E-state index is -3.75. The summed E-state index contributed by atoms with van der Waals surface area (Å²) in [6, 6.07) is 22.3. The van der Waals surface area contributed by atoms with Gasteiger partial charge in [0.2, 0.25) is 5.91 Å². The van der Waals surface area contributed by atoms with Gasteiger partial charge >= 0.3 is 6.29 Å². The van der Waals surface area contributed by atoms with E-state index >= 15 is 0 Å². The summed E-state index contributed by atoms with van der Waals surface area (Å²) in [4.78, 5) is 53.0. The largest absolute Gasteiger partial charge is 0.586 e. The van der Waals surface area contributed by atoms with Gasteiger partial charge in [-0.2, -0.15) is 0 Å². The summed E-state index contributed by atoms with van der Waals surface area (Å²) in [5, 5.41) is 20.9. The molecule has 0 atom stereocenters. The number of nitrogens with two attached hydrogens (primary N) is 1. The lowest BCUT2D eigenvalue weighted by Gasteiger charge is -2.17. The lowest BCUT2D eigenvalue weighted by Crippen LogP contribution is -2.29. The third-order valence-electron chi connectivity index (χ3n) is 10.8. The number of aromatic nitrogens is 6. The summed E-state index contributed by atoms with van der Waals surface area (Å²) in [5.41, 5.74) is 10.6. The minimum Gasteiger partial charge on any atom is -0.395 e. The van der Waals surface area contributed by atoms with Crippen molar-refractivity contribution in [3.63, 3.8) is 0 Å². The van der Waals surface area contributed by atoms with Crippen LogP contribution in [0.25, 0.3) is 22.4 Å². The van der Waals surface area contributed by atoms with Crippen LogP contribution in [0.4, 0.5) is 20.4 Å². The predicted molar refractivity (Wildman–Crippen MR) is 247 cm³/mol. The lowest BCUT2D eigenvalue weighted by atomic mass is 9.94. The van der Waals surface area contributed by atoms with Gasteiger partial charge in [0, 0.05) is 54.5 Å². The molecule has 8 rings (SSSR count). The normalized spacial score (nSPS) is 13.9. The Balaban J connectivity index is 0.763. The van der Waals surface area contributed by atoms with Gasteiger partial charge in [0.15, 0.2) is 33.6 Å². The van der Waals surface area contributed by atoms with E-state index in [1.165, 1.54) is 12.1 Å². The first-order valence-corrected chi connectivity index (χ1v) is 22.6. The number of rotatable bonds is 19. The van der Waals surface area contributed by atoms with Crippen LogP contribution in [0.1, 0.15) is 58.8 Å². The number of carbonyl (C=O) groups is 3. The summed E-state index contributed by atoms with van der Waals surface area (Å²) < 4.78 is 43.6. The van der Waals surface area contributed by atoms with Crippen LogP contribution in [-0.4, -0.2) is 99.1 Å². The first kappa shape index (κ1) is 46.3. The molecule has 3 aromatic heterocycles. The van der Waals surface area contributed by atoms with Crippen molar-refractivity contribution in [3.05, 3.63) is 107 Å². The van der Waals surface area contributed by atoms with Crippen LogP contribution in [0, 0.1) is 18.8 Å². The number of hydrogen-bond acceptors (Lipinski definition) is 14. The predicted octanol–water partition coefficient (Wildman–Crippen LogP) is 5.42. The highest BCUT2D eigenvalue weighted by molar-refractivity contribution is 7.99. The lowest BCUT2D eigenvalue weighted by molar-refractivity contribution is -0.286. The SMILES string of the molecule is CCCSc1nc(NCCN)c2nnn(Cc3ccc(C#CC(=O)NCCOCCNC(=O)c4cccc(-c5nc(NC(=O)C6(c7ccc8c(c7)OC(F)(F)O8)CC6)ccc5C)c4)cc3)c2n1. The Morgan fingerprint density at radius 2 is 1.72 bits per heavy atom. The number of nitrogens with one attached hydrogen (secondary N) is 4. The van der Waals surface area contributed by atoms with E-state index < -0.39 is 17.6 Å². The Labute approximate surface area is 388 Å². The number of aryl methyl sites for hydroxylation is 1. The molecule has 0 saturated heterocycles. The van der Waals surface area contributed by atoms with E-state index in [0.29, 0.717) is 88.4 Å². The molecule has 4 heterocycles. The summed E-state index contributed by atoms with van der Waals surface area (Å²) in [6.45, 7) is 6.28. The number of thioether (sulfide) groups is 1. The second-order valence-electron chi connectivity index (χ2n) is 15.7. The molecule has 1 fully saturated rings. The molecule has 1 aliphatic carbocycles. The molecule has 2 aliphatic rings. The van der Waals surface area contributed by atoms with Gasteiger partial charge in [0.05, 0.1) is 30.9 Å². The second kappa shape index (κ2) is 20.5. The monoisotopic (exact) mass is 931 g/mol. The molecule has 0 bridgehead atoms. The van der Waals surface area contributed by atoms with Crippen LogP contribution in [0.2, 0.25) is 0 Å². The Bertz CT molecular complexity index is 2860. The van der Waals surface area contributed by atoms with Gasteiger partial charge in [0.25, 0.3) is 11.8 Å². The highest BCUT2D eigenvalue weighted by atomic mass is 32.2. The maximum Gasteiger partial charge on any atom is 0.586 e.